The maximum absolute atomic E-state index is 13.5. The summed E-state index contributed by atoms with van der Waals surface area (Å²) in [4.78, 5) is 38.2. The van der Waals surface area contributed by atoms with Gasteiger partial charge in [0.05, 0.1) is 10.6 Å². The number of benzene rings is 1. The molecule has 2 N–H and O–H groups in total. The number of rotatable bonds is 6. The summed E-state index contributed by atoms with van der Waals surface area (Å²) < 4.78 is 28.2. The number of hydrogen-bond donors (Lipinski definition) is 2. The standard InChI is InChI=1S/C17H13ClF2N6O4S2/c1-25-17(22-23-24-25)32-5-6-4-31-15-11(14(28)26(15)12(6)16(29)30)21-13(27)7-2-9(19)10(20)3-8(7)18/h2-3,11,15H,4-5H2,1H3,(H,21,27)(H,29,30)/t11-,15+/m0/s1. The number of halogens is 3. The molecule has 168 valence electrons. The highest BCUT2D eigenvalue weighted by molar-refractivity contribution is 8.01. The Labute approximate surface area is 192 Å². The highest BCUT2D eigenvalue weighted by Gasteiger charge is 2.54. The first kappa shape index (κ1) is 22.5. The monoisotopic (exact) mass is 502 g/mol. The van der Waals surface area contributed by atoms with Crippen LogP contribution in [0.15, 0.2) is 28.6 Å². The van der Waals surface area contributed by atoms with Crippen molar-refractivity contribution in [1.29, 1.82) is 0 Å². The van der Waals surface area contributed by atoms with E-state index in [1.807, 2.05) is 0 Å². The number of carbonyl (C=O) groups excluding carboxylic acids is 2. The topological polar surface area (TPSA) is 130 Å². The predicted molar refractivity (Wildman–Crippen MR) is 110 cm³/mol. The number of hydrogen-bond acceptors (Lipinski definition) is 8. The van der Waals surface area contributed by atoms with E-state index in [-0.39, 0.29) is 22.0 Å². The van der Waals surface area contributed by atoms with E-state index in [0.29, 0.717) is 28.6 Å². The molecule has 2 amide bonds. The number of tetrazole rings is 1. The molecule has 0 saturated carbocycles. The van der Waals surface area contributed by atoms with Gasteiger partial charge in [-0.3, -0.25) is 14.5 Å². The molecule has 32 heavy (non-hydrogen) atoms. The van der Waals surface area contributed by atoms with Crippen LogP contribution in [0.1, 0.15) is 10.4 Å². The van der Waals surface area contributed by atoms with Crippen LogP contribution in [0.25, 0.3) is 0 Å². The van der Waals surface area contributed by atoms with Crippen molar-refractivity contribution in [2.45, 2.75) is 16.6 Å². The molecule has 1 fully saturated rings. The molecule has 0 bridgehead atoms. The van der Waals surface area contributed by atoms with E-state index >= 15 is 0 Å². The third-order valence-corrected chi connectivity index (χ3v) is 7.50. The van der Waals surface area contributed by atoms with Gasteiger partial charge >= 0.3 is 5.97 Å². The molecule has 2 aliphatic rings. The minimum atomic E-state index is -1.27. The molecule has 4 rings (SSSR count). The van der Waals surface area contributed by atoms with E-state index < -0.39 is 40.8 Å². The minimum absolute atomic E-state index is 0.155. The second-order valence-corrected chi connectivity index (χ2v) is 9.19. The lowest BCUT2D eigenvalue weighted by molar-refractivity contribution is -0.148. The highest BCUT2D eigenvalue weighted by Crippen LogP contribution is 2.41. The molecule has 2 aliphatic heterocycles. The van der Waals surface area contributed by atoms with Gasteiger partial charge in [0.1, 0.15) is 17.1 Å². The van der Waals surface area contributed by atoms with Crippen molar-refractivity contribution >= 4 is 52.9 Å². The fourth-order valence-corrected chi connectivity index (χ4v) is 5.78. The Bertz CT molecular complexity index is 1180. The summed E-state index contributed by atoms with van der Waals surface area (Å²) in [7, 11) is 1.64. The van der Waals surface area contributed by atoms with Crippen molar-refractivity contribution in [1.82, 2.24) is 30.4 Å². The molecule has 3 heterocycles. The second kappa shape index (κ2) is 8.67. The summed E-state index contributed by atoms with van der Waals surface area (Å²) in [6, 6.07) is 0.266. The Kier molecular flexibility index (Phi) is 6.09. The molecule has 0 aliphatic carbocycles. The number of nitrogens with one attached hydrogen (secondary N) is 1. The molecule has 1 aromatic heterocycles. The average molecular weight is 503 g/mol. The van der Waals surface area contributed by atoms with Gasteiger partial charge in [0.25, 0.3) is 11.8 Å². The van der Waals surface area contributed by atoms with Crippen molar-refractivity contribution in [3.05, 3.63) is 45.6 Å². The number of amides is 2. The molecular formula is C17H13ClF2N6O4S2. The highest BCUT2D eigenvalue weighted by atomic mass is 35.5. The van der Waals surface area contributed by atoms with E-state index in [0.717, 1.165) is 4.90 Å². The van der Waals surface area contributed by atoms with Gasteiger partial charge in [0.2, 0.25) is 5.16 Å². The third-order valence-electron chi connectivity index (χ3n) is 4.75. The number of carbonyl (C=O) groups is 3. The molecule has 2 atom stereocenters. The van der Waals surface area contributed by atoms with Crippen LogP contribution in [-0.4, -0.2) is 70.9 Å². The van der Waals surface area contributed by atoms with Crippen molar-refractivity contribution in [2.75, 3.05) is 11.5 Å². The van der Waals surface area contributed by atoms with Crippen LogP contribution in [0.2, 0.25) is 5.02 Å². The molecule has 15 heteroatoms. The number of β-lactam (4-membered cyclic amide) rings is 1. The van der Waals surface area contributed by atoms with Crippen molar-refractivity contribution in [2.24, 2.45) is 7.05 Å². The van der Waals surface area contributed by atoms with Gasteiger partial charge in [0.15, 0.2) is 11.6 Å². The zero-order chi connectivity index (χ0) is 23.2. The van der Waals surface area contributed by atoms with Crippen molar-refractivity contribution in [3.63, 3.8) is 0 Å². The predicted octanol–water partition coefficient (Wildman–Crippen LogP) is 1.29. The van der Waals surface area contributed by atoms with E-state index in [9.17, 15) is 28.3 Å². The summed E-state index contributed by atoms with van der Waals surface area (Å²) in [5.74, 6) is -4.70. The molecule has 0 radical (unpaired) electrons. The minimum Gasteiger partial charge on any atom is -0.477 e. The summed E-state index contributed by atoms with van der Waals surface area (Å²) in [5, 5.41) is 22.7. The van der Waals surface area contributed by atoms with Gasteiger partial charge in [-0.1, -0.05) is 23.4 Å². The lowest BCUT2D eigenvalue weighted by atomic mass is 10.0. The Hall–Kier alpha value is -2.71. The maximum atomic E-state index is 13.5. The zero-order valence-corrected chi connectivity index (χ0v) is 18.5. The molecule has 2 aromatic rings. The van der Waals surface area contributed by atoms with Crippen LogP contribution in [-0.2, 0) is 16.6 Å². The van der Waals surface area contributed by atoms with Gasteiger partial charge in [-0.25, -0.2) is 18.3 Å². The second-order valence-electron chi connectivity index (χ2n) is 6.74. The van der Waals surface area contributed by atoms with Crippen LogP contribution in [0, 0.1) is 11.6 Å². The lowest BCUT2D eigenvalue weighted by Crippen LogP contribution is -2.70. The Morgan fingerprint density at radius 1 is 1.38 bits per heavy atom. The SMILES string of the molecule is Cn1nnnc1SCC1=C(C(=O)O)N2C(=O)[C@H](NC(=O)c3cc(F)c(F)cc3Cl)[C@H]2SC1. The molecular weight excluding hydrogens is 490 g/mol. The molecule has 1 saturated heterocycles. The van der Waals surface area contributed by atoms with Crippen LogP contribution in [0.5, 0.6) is 0 Å². The summed E-state index contributed by atoms with van der Waals surface area (Å²) in [6.07, 6.45) is 0. The van der Waals surface area contributed by atoms with Gasteiger partial charge in [0, 0.05) is 18.6 Å². The maximum Gasteiger partial charge on any atom is 0.352 e. The van der Waals surface area contributed by atoms with Crippen molar-refractivity contribution in [3.8, 4) is 0 Å². The number of carboxylic acid groups (broad SMARTS) is 1. The van der Waals surface area contributed by atoms with Crippen LogP contribution < -0.4 is 5.32 Å². The molecule has 1 aromatic carbocycles. The number of nitrogens with zero attached hydrogens (tertiary/aromatic N) is 5. The number of carboxylic acids is 1. The molecule has 0 unspecified atom stereocenters. The number of aromatic nitrogens is 4. The van der Waals surface area contributed by atoms with Crippen LogP contribution >= 0.6 is 35.1 Å². The van der Waals surface area contributed by atoms with Gasteiger partial charge in [-0.15, -0.1) is 16.9 Å². The number of fused-ring (bicyclic) bond motifs is 1. The number of aliphatic carboxylic acids is 1. The average Bonchev–Trinajstić information content (AvgIpc) is 3.16. The first-order valence-corrected chi connectivity index (χ1v) is 11.3. The molecule has 10 nitrogen and oxygen atoms in total. The summed E-state index contributed by atoms with van der Waals surface area (Å²) >= 11 is 8.31. The van der Waals surface area contributed by atoms with Crippen molar-refractivity contribution < 1.29 is 28.3 Å². The summed E-state index contributed by atoms with van der Waals surface area (Å²) in [5.41, 5.74) is 0.0206. The fraction of sp³-hybridized carbons (Fsp3) is 0.294. The first-order valence-electron chi connectivity index (χ1n) is 8.89. The lowest BCUT2D eigenvalue weighted by Gasteiger charge is -2.49. The normalized spacial score (nSPS) is 20.1. The Morgan fingerprint density at radius 2 is 2.09 bits per heavy atom. The zero-order valence-electron chi connectivity index (χ0n) is 16.1. The smallest absolute Gasteiger partial charge is 0.352 e. The quantitative estimate of drug-likeness (QED) is 0.341. The third kappa shape index (κ3) is 3.93. The van der Waals surface area contributed by atoms with E-state index in [2.05, 4.69) is 20.8 Å². The van der Waals surface area contributed by atoms with E-state index in [1.165, 1.54) is 28.2 Å². The van der Waals surface area contributed by atoms with Gasteiger partial charge in [-0.2, -0.15) is 0 Å². The van der Waals surface area contributed by atoms with Crippen LogP contribution in [0.3, 0.4) is 0 Å². The Balaban J connectivity index is 1.51. The fourth-order valence-electron chi connectivity index (χ4n) is 3.21. The summed E-state index contributed by atoms with van der Waals surface area (Å²) in [6.45, 7) is 0. The van der Waals surface area contributed by atoms with Crippen LogP contribution in [0.4, 0.5) is 8.78 Å². The number of aryl methyl sites for hydroxylation is 1. The number of thioether (sulfide) groups is 2. The first-order chi connectivity index (χ1) is 15.2. The van der Waals surface area contributed by atoms with E-state index in [4.69, 9.17) is 11.6 Å². The van der Waals surface area contributed by atoms with E-state index in [1.54, 1.807) is 7.05 Å². The Morgan fingerprint density at radius 3 is 2.75 bits per heavy atom. The molecule has 0 spiro atoms. The largest absolute Gasteiger partial charge is 0.477 e. The van der Waals surface area contributed by atoms with Gasteiger partial charge in [-0.05, 0) is 28.1 Å². The van der Waals surface area contributed by atoms with Gasteiger partial charge < -0.3 is 10.4 Å².